The van der Waals surface area contributed by atoms with E-state index in [1.54, 1.807) is 17.4 Å². The molecule has 6 heteroatoms. The second-order valence-corrected chi connectivity index (χ2v) is 11.1. The lowest BCUT2D eigenvalue weighted by Crippen LogP contribution is -2.05. The summed E-state index contributed by atoms with van der Waals surface area (Å²) < 4.78 is 7.48. The van der Waals surface area contributed by atoms with E-state index in [2.05, 4.69) is 85.0 Å². The molecule has 0 spiro atoms. The van der Waals surface area contributed by atoms with Gasteiger partial charge in [0.05, 0.1) is 10.2 Å². The highest BCUT2D eigenvalue weighted by Gasteiger charge is 2.12. The number of hydrogen-bond acceptors (Lipinski definition) is 4. The number of nitrogens with zero attached hydrogens (tertiary/aromatic N) is 1. The number of ether oxygens (including phenoxy) is 1. The lowest BCUT2D eigenvalue weighted by molar-refractivity contribution is 0.304. The molecular weight excluding hydrogens is 531 g/mol. The first-order valence-electron chi connectivity index (χ1n) is 12.3. The standard InChI is InChI=1S/C32H24Cl2N2OS/c1-20-6-15-31-29(16-20)36-32(38-31)22-8-12-25(13-9-22)35-18-27-26-5-3-2-4-21(26)10-14-30(27)37-19-23-7-11-24(33)17-28(23)34/h2-17,35H,18-19H2,1H3. The summed E-state index contributed by atoms with van der Waals surface area (Å²) >= 11 is 14.2. The highest BCUT2D eigenvalue weighted by Crippen LogP contribution is 2.33. The van der Waals surface area contributed by atoms with E-state index < -0.39 is 0 Å². The van der Waals surface area contributed by atoms with Crippen LogP contribution < -0.4 is 10.1 Å². The normalized spacial score (nSPS) is 11.2. The van der Waals surface area contributed by atoms with E-state index in [1.807, 2.05) is 18.2 Å². The van der Waals surface area contributed by atoms with Crippen LogP contribution in [0.1, 0.15) is 16.7 Å². The minimum absolute atomic E-state index is 0.359. The highest BCUT2D eigenvalue weighted by atomic mass is 35.5. The Morgan fingerprint density at radius 2 is 1.71 bits per heavy atom. The van der Waals surface area contributed by atoms with Gasteiger partial charge in [0, 0.05) is 39.0 Å². The number of fused-ring (bicyclic) bond motifs is 2. The molecule has 0 saturated carbocycles. The number of halogens is 2. The van der Waals surface area contributed by atoms with Crippen LogP contribution >= 0.6 is 34.5 Å². The van der Waals surface area contributed by atoms with Crippen molar-refractivity contribution < 1.29 is 4.74 Å². The molecule has 1 heterocycles. The van der Waals surface area contributed by atoms with E-state index in [0.29, 0.717) is 23.2 Å². The van der Waals surface area contributed by atoms with Gasteiger partial charge in [-0.15, -0.1) is 11.3 Å². The van der Waals surface area contributed by atoms with E-state index in [-0.39, 0.29) is 0 Å². The maximum Gasteiger partial charge on any atom is 0.125 e. The van der Waals surface area contributed by atoms with Crippen LogP contribution in [-0.2, 0) is 13.2 Å². The van der Waals surface area contributed by atoms with Gasteiger partial charge in [-0.05, 0) is 77.9 Å². The molecule has 5 aromatic carbocycles. The van der Waals surface area contributed by atoms with Gasteiger partial charge in [0.25, 0.3) is 0 Å². The summed E-state index contributed by atoms with van der Waals surface area (Å²) in [5, 5.41) is 8.14. The third-order valence-corrected chi connectivity index (χ3v) is 8.21. The van der Waals surface area contributed by atoms with Gasteiger partial charge in [-0.3, -0.25) is 0 Å². The Morgan fingerprint density at radius 1 is 0.868 bits per heavy atom. The molecule has 0 atom stereocenters. The van der Waals surface area contributed by atoms with Crippen LogP contribution in [0.2, 0.25) is 10.0 Å². The smallest absolute Gasteiger partial charge is 0.125 e. The molecule has 1 aromatic heterocycles. The Balaban J connectivity index is 1.23. The van der Waals surface area contributed by atoms with Crippen LogP contribution in [0.4, 0.5) is 5.69 Å². The topological polar surface area (TPSA) is 34.1 Å². The summed E-state index contributed by atoms with van der Waals surface area (Å²) in [4.78, 5) is 4.83. The molecule has 0 aliphatic rings. The van der Waals surface area contributed by atoms with Gasteiger partial charge < -0.3 is 10.1 Å². The van der Waals surface area contributed by atoms with Crippen LogP contribution in [0.15, 0.2) is 97.1 Å². The number of hydrogen-bond donors (Lipinski definition) is 1. The van der Waals surface area contributed by atoms with Crippen LogP contribution in [0.25, 0.3) is 31.6 Å². The zero-order valence-electron chi connectivity index (χ0n) is 20.7. The van der Waals surface area contributed by atoms with Crippen molar-refractivity contribution >= 4 is 61.2 Å². The largest absolute Gasteiger partial charge is 0.488 e. The van der Waals surface area contributed by atoms with Crippen molar-refractivity contribution in [1.29, 1.82) is 0 Å². The van der Waals surface area contributed by atoms with E-state index in [0.717, 1.165) is 44.0 Å². The van der Waals surface area contributed by atoms with Gasteiger partial charge >= 0.3 is 0 Å². The van der Waals surface area contributed by atoms with Crippen LogP contribution in [0, 0.1) is 6.92 Å². The van der Waals surface area contributed by atoms with Crippen LogP contribution in [-0.4, -0.2) is 4.98 Å². The van der Waals surface area contributed by atoms with Crippen molar-refractivity contribution in [3.8, 4) is 16.3 Å². The first-order valence-corrected chi connectivity index (χ1v) is 13.9. The quantitative estimate of drug-likeness (QED) is 0.213. The number of aryl methyl sites for hydroxylation is 1. The number of thiazole rings is 1. The first kappa shape index (κ1) is 24.7. The van der Waals surface area contributed by atoms with Crippen LogP contribution in [0.5, 0.6) is 5.75 Å². The molecule has 1 N–H and O–H groups in total. The molecule has 0 saturated heterocycles. The molecule has 0 fully saturated rings. The molecular formula is C32H24Cl2N2OS. The molecule has 0 unspecified atom stereocenters. The predicted molar refractivity (Wildman–Crippen MR) is 162 cm³/mol. The van der Waals surface area contributed by atoms with Gasteiger partial charge in [0.2, 0.25) is 0 Å². The molecule has 0 radical (unpaired) electrons. The fraction of sp³-hybridized carbons (Fsp3) is 0.0938. The van der Waals surface area contributed by atoms with Gasteiger partial charge in [-0.1, -0.05) is 65.7 Å². The minimum Gasteiger partial charge on any atom is -0.488 e. The summed E-state index contributed by atoms with van der Waals surface area (Å²) in [5.74, 6) is 0.823. The maximum atomic E-state index is 6.38. The molecule has 0 aliphatic carbocycles. The summed E-state index contributed by atoms with van der Waals surface area (Å²) in [5.41, 5.74) is 6.41. The van der Waals surface area contributed by atoms with Gasteiger partial charge in [-0.25, -0.2) is 4.98 Å². The van der Waals surface area contributed by atoms with Crippen molar-refractivity contribution in [1.82, 2.24) is 4.98 Å². The number of benzene rings is 5. The Bertz CT molecular complexity index is 1760. The van der Waals surface area contributed by atoms with Gasteiger partial charge in [-0.2, -0.15) is 0 Å². The number of nitrogens with one attached hydrogen (secondary N) is 1. The number of anilines is 1. The third-order valence-electron chi connectivity index (χ3n) is 6.54. The average Bonchev–Trinajstić information content (AvgIpc) is 3.35. The second kappa shape index (κ2) is 10.7. The Hall–Kier alpha value is -3.57. The number of aromatic nitrogens is 1. The SMILES string of the molecule is Cc1ccc2sc(-c3ccc(NCc4c(OCc5ccc(Cl)cc5Cl)ccc5ccccc45)cc3)nc2c1. The average molecular weight is 556 g/mol. The monoisotopic (exact) mass is 554 g/mol. The van der Waals surface area contributed by atoms with E-state index in [9.17, 15) is 0 Å². The summed E-state index contributed by atoms with van der Waals surface area (Å²) in [7, 11) is 0. The molecule has 0 aliphatic heterocycles. The summed E-state index contributed by atoms with van der Waals surface area (Å²) in [6.07, 6.45) is 0. The Morgan fingerprint density at radius 3 is 2.55 bits per heavy atom. The van der Waals surface area contributed by atoms with E-state index >= 15 is 0 Å². The summed E-state index contributed by atoms with van der Waals surface area (Å²) in [6, 6.07) is 32.8. The van der Waals surface area contributed by atoms with E-state index in [4.69, 9.17) is 32.9 Å². The van der Waals surface area contributed by atoms with Crippen molar-refractivity contribution in [3.05, 3.63) is 124 Å². The molecule has 38 heavy (non-hydrogen) atoms. The lowest BCUT2D eigenvalue weighted by Gasteiger charge is -2.16. The Labute approximate surface area is 235 Å². The zero-order valence-corrected chi connectivity index (χ0v) is 23.0. The third kappa shape index (κ3) is 5.21. The first-order chi connectivity index (χ1) is 18.5. The highest BCUT2D eigenvalue weighted by molar-refractivity contribution is 7.21. The summed E-state index contributed by atoms with van der Waals surface area (Å²) in [6.45, 7) is 3.07. The second-order valence-electron chi connectivity index (χ2n) is 9.21. The maximum absolute atomic E-state index is 6.38. The van der Waals surface area contributed by atoms with Crippen molar-refractivity contribution in [2.75, 3.05) is 5.32 Å². The lowest BCUT2D eigenvalue weighted by atomic mass is 10.0. The van der Waals surface area contributed by atoms with Crippen molar-refractivity contribution in [2.45, 2.75) is 20.1 Å². The van der Waals surface area contributed by atoms with Crippen LogP contribution in [0.3, 0.4) is 0 Å². The van der Waals surface area contributed by atoms with Gasteiger partial charge in [0.1, 0.15) is 17.4 Å². The minimum atomic E-state index is 0.359. The molecule has 6 aromatic rings. The fourth-order valence-corrected chi connectivity index (χ4v) is 5.92. The molecule has 3 nitrogen and oxygen atoms in total. The molecule has 0 amide bonds. The number of rotatable bonds is 7. The van der Waals surface area contributed by atoms with Crippen molar-refractivity contribution in [2.24, 2.45) is 0 Å². The Kier molecular flexibility index (Phi) is 6.94. The van der Waals surface area contributed by atoms with E-state index in [1.165, 1.54) is 15.6 Å². The predicted octanol–water partition coefficient (Wildman–Crippen LogP) is 9.92. The van der Waals surface area contributed by atoms with Gasteiger partial charge in [0.15, 0.2) is 0 Å². The molecule has 6 rings (SSSR count). The van der Waals surface area contributed by atoms with Crippen molar-refractivity contribution in [3.63, 3.8) is 0 Å². The molecule has 0 bridgehead atoms. The fourth-order valence-electron chi connectivity index (χ4n) is 4.51. The zero-order chi connectivity index (χ0) is 26.1. The molecule has 188 valence electrons.